The molecule has 1 fully saturated rings. The summed E-state index contributed by atoms with van der Waals surface area (Å²) in [6.07, 6.45) is 5.89. The topological polar surface area (TPSA) is 39.1 Å². The number of hydrogen-bond acceptors (Lipinski definition) is 3. The molecule has 66 valence electrons. The van der Waals surface area contributed by atoms with Gasteiger partial charge in [-0.25, -0.2) is 4.98 Å². The number of nitrogens with one attached hydrogen (secondary N) is 1. The molecule has 0 unspecified atom stereocenters. The van der Waals surface area contributed by atoms with Gasteiger partial charge in [0.1, 0.15) is 0 Å². The van der Waals surface area contributed by atoms with Gasteiger partial charge in [0.2, 0.25) is 0 Å². The molecule has 2 atom stereocenters. The molecule has 0 bridgehead atoms. The van der Waals surface area contributed by atoms with Gasteiger partial charge in [0.25, 0.3) is 0 Å². The quantitative estimate of drug-likeness (QED) is 0.676. The largest absolute Gasteiger partial charge is 0.378 e. The lowest BCUT2D eigenvalue weighted by atomic mass is 10.2. The van der Waals surface area contributed by atoms with E-state index in [1.807, 2.05) is 12.5 Å². The highest BCUT2D eigenvalue weighted by atomic mass is 16.5. The van der Waals surface area contributed by atoms with E-state index in [-0.39, 0.29) is 6.10 Å². The van der Waals surface area contributed by atoms with Crippen molar-refractivity contribution >= 4 is 0 Å². The molecule has 12 heavy (non-hydrogen) atoms. The van der Waals surface area contributed by atoms with Crippen LogP contribution in [0.4, 0.5) is 0 Å². The first-order chi connectivity index (χ1) is 5.92. The standard InChI is InChI=1S/C8H13N3O/c1-12-8-5-10-4-7(8)11-3-2-9-6-11/h2-3,6-8,10H,4-5H2,1H3/t7-,8+/m1/s1. The van der Waals surface area contributed by atoms with Crippen molar-refractivity contribution in [2.45, 2.75) is 12.1 Å². The average Bonchev–Trinajstić information content (AvgIpc) is 2.74. The third kappa shape index (κ3) is 1.23. The summed E-state index contributed by atoms with van der Waals surface area (Å²) in [7, 11) is 1.75. The van der Waals surface area contributed by atoms with E-state index in [4.69, 9.17) is 4.74 Å². The zero-order valence-corrected chi connectivity index (χ0v) is 7.10. The molecule has 4 nitrogen and oxygen atoms in total. The van der Waals surface area contributed by atoms with Crippen LogP contribution in [-0.4, -0.2) is 35.9 Å². The minimum absolute atomic E-state index is 0.277. The molecule has 0 aromatic carbocycles. The van der Waals surface area contributed by atoms with Crippen molar-refractivity contribution in [3.63, 3.8) is 0 Å². The monoisotopic (exact) mass is 167 g/mol. The Morgan fingerprint density at radius 3 is 3.17 bits per heavy atom. The second kappa shape index (κ2) is 3.25. The third-order valence-electron chi connectivity index (χ3n) is 2.34. The Morgan fingerprint density at radius 1 is 1.58 bits per heavy atom. The molecule has 0 aliphatic carbocycles. The maximum Gasteiger partial charge on any atom is 0.0949 e. The minimum atomic E-state index is 0.277. The summed E-state index contributed by atoms with van der Waals surface area (Å²) in [5.41, 5.74) is 0. The summed E-state index contributed by atoms with van der Waals surface area (Å²) in [5.74, 6) is 0. The highest BCUT2D eigenvalue weighted by Gasteiger charge is 2.27. The molecule has 1 aromatic heterocycles. The Labute approximate surface area is 71.6 Å². The predicted octanol–water partition coefficient (Wildman–Crippen LogP) is 0.0424. The fraction of sp³-hybridized carbons (Fsp3) is 0.625. The van der Waals surface area contributed by atoms with Crippen molar-refractivity contribution in [2.75, 3.05) is 20.2 Å². The lowest BCUT2D eigenvalue weighted by Crippen LogP contribution is -2.23. The first-order valence-electron chi connectivity index (χ1n) is 4.13. The van der Waals surface area contributed by atoms with Crippen LogP contribution in [0.3, 0.4) is 0 Å². The van der Waals surface area contributed by atoms with Gasteiger partial charge in [-0.3, -0.25) is 0 Å². The number of imidazole rings is 1. The van der Waals surface area contributed by atoms with E-state index in [9.17, 15) is 0 Å². The molecule has 0 saturated carbocycles. The van der Waals surface area contributed by atoms with E-state index in [2.05, 4.69) is 14.9 Å². The molecule has 1 aliphatic heterocycles. The van der Waals surface area contributed by atoms with Gasteiger partial charge in [0.15, 0.2) is 0 Å². The number of ether oxygens (including phenoxy) is 1. The summed E-state index contributed by atoms with van der Waals surface area (Å²) in [6.45, 7) is 1.90. The van der Waals surface area contributed by atoms with Gasteiger partial charge in [-0.05, 0) is 0 Å². The van der Waals surface area contributed by atoms with Gasteiger partial charge < -0.3 is 14.6 Å². The smallest absolute Gasteiger partial charge is 0.0949 e. The molecular formula is C8H13N3O. The van der Waals surface area contributed by atoms with Crippen LogP contribution in [0.15, 0.2) is 18.7 Å². The van der Waals surface area contributed by atoms with Gasteiger partial charge in [0, 0.05) is 32.6 Å². The van der Waals surface area contributed by atoms with Gasteiger partial charge in [0.05, 0.1) is 18.5 Å². The van der Waals surface area contributed by atoms with Crippen LogP contribution < -0.4 is 5.32 Å². The van der Waals surface area contributed by atoms with Gasteiger partial charge in [-0.1, -0.05) is 0 Å². The number of hydrogen-bond donors (Lipinski definition) is 1. The van der Waals surface area contributed by atoms with Crippen LogP contribution in [0.25, 0.3) is 0 Å². The van der Waals surface area contributed by atoms with Crippen LogP contribution in [0, 0.1) is 0 Å². The van der Waals surface area contributed by atoms with Crippen LogP contribution >= 0.6 is 0 Å². The molecule has 1 aromatic rings. The second-order valence-corrected chi connectivity index (χ2v) is 3.01. The first kappa shape index (κ1) is 7.76. The molecule has 2 heterocycles. The maximum absolute atomic E-state index is 5.34. The van der Waals surface area contributed by atoms with Gasteiger partial charge in [-0.2, -0.15) is 0 Å². The Morgan fingerprint density at radius 2 is 2.50 bits per heavy atom. The van der Waals surface area contributed by atoms with Crippen molar-refractivity contribution in [3.8, 4) is 0 Å². The van der Waals surface area contributed by atoms with Gasteiger partial charge in [-0.15, -0.1) is 0 Å². The lowest BCUT2D eigenvalue weighted by Gasteiger charge is -2.17. The Balaban J connectivity index is 2.13. The van der Waals surface area contributed by atoms with Crippen LogP contribution in [0.5, 0.6) is 0 Å². The number of nitrogens with zero attached hydrogens (tertiary/aromatic N) is 2. The van der Waals surface area contributed by atoms with Crippen molar-refractivity contribution < 1.29 is 4.74 Å². The lowest BCUT2D eigenvalue weighted by molar-refractivity contribution is 0.0866. The molecule has 0 radical (unpaired) electrons. The molecular weight excluding hydrogens is 154 g/mol. The molecule has 1 saturated heterocycles. The fourth-order valence-electron chi connectivity index (χ4n) is 1.64. The Kier molecular flexibility index (Phi) is 2.10. The van der Waals surface area contributed by atoms with Crippen LogP contribution in [0.2, 0.25) is 0 Å². The summed E-state index contributed by atoms with van der Waals surface area (Å²) < 4.78 is 7.43. The molecule has 2 rings (SSSR count). The Hall–Kier alpha value is -0.870. The summed E-state index contributed by atoms with van der Waals surface area (Å²) in [6, 6.07) is 0.400. The first-order valence-corrected chi connectivity index (χ1v) is 4.13. The highest BCUT2D eigenvalue weighted by Crippen LogP contribution is 2.17. The number of aromatic nitrogens is 2. The van der Waals surface area contributed by atoms with E-state index in [1.54, 1.807) is 13.3 Å². The van der Waals surface area contributed by atoms with Crippen molar-refractivity contribution in [3.05, 3.63) is 18.7 Å². The van der Waals surface area contributed by atoms with Crippen molar-refractivity contribution in [2.24, 2.45) is 0 Å². The number of rotatable bonds is 2. The summed E-state index contributed by atoms with van der Waals surface area (Å²) in [4.78, 5) is 4.02. The molecule has 1 aliphatic rings. The normalized spacial score (nSPS) is 29.4. The van der Waals surface area contributed by atoms with Crippen LogP contribution in [-0.2, 0) is 4.74 Å². The zero-order chi connectivity index (χ0) is 8.39. The van der Waals surface area contributed by atoms with Crippen LogP contribution in [0.1, 0.15) is 6.04 Å². The van der Waals surface area contributed by atoms with Gasteiger partial charge >= 0.3 is 0 Å². The number of methoxy groups -OCH3 is 1. The average molecular weight is 167 g/mol. The van der Waals surface area contributed by atoms with E-state index < -0.39 is 0 Å². The molecule has 1 N–H and O–H groups in total. The maximum atomic E-state index is 5.34. The third-order valence-corrected chi connectivity index (χ3v) is 2.34. The van der Waals surface area contributed by atoms with E-state index >= 15 is 0 Å². The van der Waals surface area contributed by atoms with Crippen molar-refractivity contribution in [1.82, 2.24) is 14.9 Å². The second-order valence-electron chi connectivity index (χ2n) is 3.01. The zero-order valence-electron chi connectivity index (χ0n) is 7.10. The predicted molar refractivity (Wildman–Crippen MR) is 44.9 cm³/mol. The summed E-state index contributed by atoms with van der Waals surface area (Å²) >= 11 is 0. The van der Waals surface area contributed by atoms with E-state index in [1.165, 1.54) is 0 Å². The fourth-order valence-corrected chi connectivity index (χ4v) is 1.64. The van der Waals surface area contributed by atoms with E-state index in [0.29, 0.717) is 6.04 Å². The summed E-state index contributed by atoms with van der Waals surface area (Å²) in [5, 5.41) is 3.29. The van der Waals surface area contributed by atoms with Crippen molar-refractivity contribution in [1.29, 1.82) is 0 Å². The Bertz CT molecular complexity index is 234. The molecule has 0 spiro atoms. The SMILES string of the molecule is CO[C@H]1CNC[C@H]1n1ccnc1. The van der Waals surface area contributed by atoms with E-state index in [0.717, 1.165) is 13.1 Å². The molecule has 0 amide bonds. The molecule has 4 heteroatoms. The highest BCUT2D eigenvalue weighted by molar-refractivity contribution is 4.91. The minimum Gasteiger partial charge on any atom is -0.378 e.